The van der Waals surface area contributed by atoms with Crippen LogP contribution in [-0.4, -0.2) is 38.9 Å². The van der Waals surface area contributed by atoms with Crippen LogP contribution in [0.2, 0.25) is 5.02 Å². The fraction of sp³-hybridized carbons (Fsp3) is 0.500. The number of hydrogen-bond donors (Lipinski definition) is 1. The molecular formula is C14H19ClN2O3S. The molecule has 1 aromatic rings. The molecule has 1 aliphatic heterocycles. The van der Waals surface area contributed by atoms with Gasteiger partial charge in [0, 0.05) is 18.1 Å². The van der Waals surface area contributed by atoms with Crippen molar-refractivity contribution in [2.75, 3.05) is 19.6 Å². The van der Waals surface area contributed by atoms with Crippen molar-refractivity contribution >= 4 is 27.5 Å². The number of sulfonamides is 1. The van der Waals surface area contributed by atoms with Gasteiger partial charge in [0.15, 0.2) is 0 Å². The van der Waals surface area contributed by atoms with E-state index in [4.69, 9.17) is 11.6 Å². The van der Waals surface area contributed by atoms with E-state index in [1.807, 2.05) is 0 Å². The minimum atomic E-state index is -3.68. The maximum atomic E-state index is 12.1. The molecule has 21 heavy (non-hydrogen) atoms. The van der Waals surface area contributed by atoms with Gasteiger partial charge in [-0.2, -0.15) is 0 Å². The fourth-order valence-electron chi connectivity index (χ4n) is 2.29. The average Bonchev–Trinajstić information content (AvgIpc) is 2.74. The Hall–Kier alpha value is -1.11. The molecule has 116 valence electrons. The molecule has 1 amide bonds. The first-order valence-corrected chi connectivity index (χ1v) is 8.88. The molecule has 0 saturated carbocycles. The number of hydrogen-bond acceptors (Lipinski definition) is 3. The molecule has 1 heterocycles. The number of amides is 1. The third-order valence-corrected chi connectivity index (χ3v) is 5.17. The van der Waals surface area contributed by atoms with Crippen LogP contribution in [0.3, 0.4) is 0 Å². The summed E-state index contributed by atoms with van der Waals surface area (Å²) >= 11 is 5.73. The summed E-state index contributed by atoms with van der Waals surface area (Å²) in [6, 6.07) is 5.85. The van der Waals surface area contributed by atoms with E-state index in [1.54, 1.807) is 4.90 Å². The van der Waals surface area contributed by atoms with Gasteiger partial charge in [-0.1, -0.05) is 24.4 Å². The first-order chi connectivity index (χ1) is 9.99. The highest BCUT2D eigenvalue weighted by Crippen LogP contribution is 2.14. The molecule has 5 nitrogen and oxygen atoms in total. The molecule has 0 aliphatic carbocycles. The third-order valence-electron chi connectivity index (χ3n) is 3.50. The van der Waals surface area contributed by atoms with E-state index in [1.165, 1.54) is 24.3 Å². The molecule has 0 radical (unpaired) electrons. The second kappa shape index (κ2) is 7.24. The van der Waals surface area contributed by atoms with Crippen molar-refractivity contribution in [2.24, 2.45) is 0 Å². The van der Waals surface area contributed by atoms with Crippen molar-refractivity contribution in [3.8, 4) is 0 Å². The predicted octanol–water partition coefficient (Wildman–Crippen LogP) is 2.02. The Morgan fingerprint density at radius 2 is 1.67 bits per heavy atom. The Labute approximate surface area is 130 Å². The molecule has 7 heteroatoms. The summed E-state index contributed by atoms with van der Waals surface area (Å²) in [7, 11) is -3.68. The zero-order valence-electron chi connectivity index (χ0n) is 11.7. The number of nitrogens with zero attached hydrogens (tertiary/aromatic N) is 1. The van der Waals surface area contributed by atoms with Crippen LogP contribution in [0.1, 0.15) is 25.7 Å². The van der Waals surface area contributed by atoms with Crippen molar-refractivity contribution in [1.29, 1.82) is 0 Å². The second-order valence-electron chi connectivity index (χ2n) is 5.07. The first kappa shape index (κ1) is 16.3. The van der Waals surface area contributed by atoms with E-state index < -0.39 is 10.0 Å². The van der Waals surface area contributed by atoms with Crippen LogP contribution >= 0.6 is 11.6 Å². The summed E-state index contributed by atoms with van der Waals surface area (Å²) in [4.78, 5) is 13.9. The van der Waals surface area contributed by atoms with Crippen molar-refractivity contribution in [2.45, 2.75) is 30.6 Å². The molecule has 0 atom stereocenters. The molecular weight excluding hydrogens is 312 g/mol. The fourth-order valence-corrected chi connectivity index (χ4v) is 3.39. The SMILES string of the molecule is O=C(CNS(=O)(=O)c1ccc(Cl)cc1)N1CCCCCC1. The molecule has 0 aromatic heterocycles. The first-order valence-electron chi connectivity index (χ1n) is 7.02. The highest BCUT2D eigenvalue weighted by atomic mass is 35.5. The van der Waals surface area contributed by atoms with Gasteiger partial charge in [-0.3, -0.25) is 4.79 Å². The Morgan fingerprint density at radius 1 is 1.10 bits per heavy atom. The van der Waals surface area contributed by atoms with E-state index >= 15 is 0 Å². The monoisotopic (exact) mass is 330 g/mol. The molecule has 1 saturated heterocycles. The lowest BCUT2D eigenvalue weighted by Gasteiger charge is -2.20. The minimum absolute atomic E-state index is 0.107. The van der Waals surface area contributed by atoms with Crippen LogP contribution in [0.15, 0.2) is 29.2 Å². The van der Waals surface area contributed by atoms with Crippen LogP contribution < -0.4 is 4.72 Å². The van der Waals surface area contributed by atoms with E-state index in [0.29, 0.717) is 18.1 Å². The quantitative estimate of drug-likeness (QED) is 0.918. The molecule has 0 unspecified atom stereocenters. The topological polar surface area (TPSA) is 66.5 Å². The standard InChI is InChI=1S/C14H19ClN2O3S/c15-12-5-7-13(8-6-12)21(19,20)16-11-14(18)17-9-3-1-2-4-10-17/h5-8,16H,1-4,9-11H2. The van der Waals surface area contributed by atoms with Gasteiger partial charge < -0.3 is 4.90 Å². The van der Waals surface area contributed by atoms with E-state index in [9.17, 15) is 13.2 Å². The van der Waals surface area contributed by atoms with Crippen molar-refractivity contribution in [3.05, 3.63) is 29.3 Å². The van der Waals surface area contributed by atoms with Gasteiger partial charge in [0.05, 0.1) is 11.4 Å². The van der Waals surface area contributed by atoms with Gasteiger partial charge in [-0.15, -0.1) is 0 Å². The van der Waals surface area contributed by atoms with Crippen LogP contribution in [0.25, 0.3) is 0 Å². The van der Waals surface area contributed by atoms with E-state index in [-0.39, 0.29) is 17.3 Å². The van der Waals surface area contributed by atoms with Crippen LogP contribution in [0.5, 0.6) is 0 Å². The molecule has 0 bridgehead atoms. The smallest absolute Gasteiger partial charge is 0.241 e. The van der Waals surface area contributed by atoms with Gasteiger partial charge in [0.25, 0.3) is 0 Å². The number of likely N-dealkylation sites (tertiary alicyclic amines) is 1. The molecule has 1 aromatic carbocycles. The van der Waals surface area contributed by atoms with Gasteiger partial charge in [-0.05, 0) is 37.1 Å². The normalized spacial score (nSPS) is 16.5. The zero-order valence-corrected chi connectivity index (χ0v) is 13.3. The summed E-state index contributed by atoms with van der Waals surface area (Å²) in [5.74, 6) is -0.172. The minimum Gasteiger partial charge on any atom is -0.342 e. The summed E-state index contributed by atoms with van der Waals surface area (Å²) in [5.41, 5.74) is 0. The second-order valence-corrected chi connectivity index (χ2v) is 7.28. The van der Waals surface area contributed by atoms with Crippen molar-refractivity contribution < 1.29 is 13.2 Å². The highest BCUT2D eigenvalue weighted by Gasteiger charge is 2.19. The van der Waals surface area contributed by atoms with Crippen LogP contribution in [-0.2, 0) is 14.8 Å². The lowest BCUT2D eigenvalue weighted by atomic mass is 10.2. The summed E-state index contributed by atoms with van der Waals surface area (Å²) in [5, 5.41) is 0.467. The van der Waals surface area contributed by atoms with Crippen molar-refractivity contribution in [1.82, 2.24) is 9.62 Å². The van der Waals surface area contributed by atoms with Crippen LogP contribution in [0.4, 0.5) is 0 Å². The summed E-state index contributed by atoms with van der Waals surface area (Å²) < 4.78 is 26.5. The number of benzene rings is 1. The van der Waals surface area contributed by atoms with Gasteiger partial charge in [0.1, 0.15) is 0 Å². The predicted molar refractivity (Wildman–Crippen MR) is 81.7 cm³/mol. The Balaban J connectivity index is 1.94. The average molecular weight is 331 g/mol. The Kier molecular flexibility index (Phi) is 5.61. The lowest BCUT2D eigenvalue weighted by molar-refractivity contribution is -0.129. The zero-order chi connectivity index (χ0) is 15.3. The van der Waals surface area contributed by atoms with Gasteiger partial charge in [0.2, 0.25) is 15.9 Å². The van der Waals surface area contributed by atoms with E-state index in [2.05, 4.69) is 4.72 Å². The van der Waals surface area contributed by atoms with E-state index in [0.717, 1.165) is 25.7 Å². The number of rotatable bonds is 4. The number of halogens is 1. The Morgan fingerprint density at radius 3 is 2.24 bits per heavy atom. The lowest BCUT2D eigenvalue weighted by Crippen LogP contribution is -2.40. The maximum absolute atomic E-state index is 12.1. The molecule has 1 N–H and O–H groups in total. The number of nitrogens with one attached hydrogen (secondary N) is 1. The molecule has 2 rings (SSSR count). The molecule has 1 fully saturated rings. The highest BCUT2D eigenvalue weighted by molar-refractivity contribution is 7.89. The number of carbonyl (C=O) groups excluding carboxylic acids is 1. The largest absolute Gasteiger partial charge is 0.342 e. The molecule has 1 aliphatic rings. The number of carbonyl (C=O) groups is 1. The molecule has 0 spiro atoms. The van der Waals surface area contributed by atoms with Gasteiger partial charge in [-0.25, -0.2) is 13.1 Å². The van der Waals surface area contributed by atoms with Gasteiger partial charge >= 0.3 is 0 Å². The third kappa shape index (κ3) is 4.69. The summed E-state index contributed by atoms with van der Waals surface area (Å²) in [6.07, 6.45) is 4.21. The maximum Gasteiger partial charge on any atom is 0.241 e. The Bertz CT molecular complexity index is 579. The summed E-state index contributed by atoms with van der Waals surface area (Å²) in [6.45, 7) is 1.22. The van der Waals surface area contributed by atoms with Crippen molar-refractivity contribution in [3.63, 3.8) is 0 Å². The van der Waals surface area contributed by atoms with Crippen LogP contribution in [0, 0.1) is 0 Å².